The number of para-hydroxylation sites is 1. The lowest BCUT2D eigenvalue weighted by Gasteiger charge is -2.05. The number of halogens is 1. The van der Waals surface area contributed by atoms with E-state index in [1.54, 1.807) is 25.3 Å². The predicted molar refractivity (Wildman–Crippen MR) is 87.4 cm³/mol. The third-order valence-electron chi connectivity index (χ3n) is 3.75. The third-order valence-corrected chi connectivity index (χ3v) is 3.75. The molecular formula is C19H13FN2O. The summed E-state index contributed by atoms with van der Waals surface area (Å²) < 4.78 is 19.0. The fraction of sp³-hybridized carbons (Fsp3) is 0.0526. The van der Waals surface area contributed by atoms with E-state index in [1.165, 1.54) is 12.1 Å². The standard InChI is InChI=1S/C19H13FN2O/c1-12-22-18(13-6-8-14(20)9-7-13)19(23-12)16-10-11-21-17-5-3-2-4-15(16)17/h2-11H,1H3. The molecular weight excluding hydrogens is 291 g/mol. The Morgan fingerprint density at radius 2 is 1.74 bits per heavy atom. The first-order valence-corrected chi connectivity index (χ1v) is 7.30. The Labute approximate surface area is 132 Å². The SMILES string of the molecule is Cc1nc(-c2ccc(F)cc2)c(-c2ccnc3ccccc23)o1. The van der Waals surface area contributed by atoms with Crippen molar-refractivity contribution in [1.82, 2.24) is 9.97 Å². The number of hydrogen-bond donors (Lipinski definition) is 0. The van der Waals surface area contributed by atoms with Gasteiger partial charge in [-0.3, -0.25) is 4.98 Å². The van der Waals surface area contributed by atoms with Crippen molar-refractivity contribution in [3.05, 3.63) is 72.5 Å². The van der Waals surface area contributed by atoms with Crippen LogP contribution in [-0.2, 0) is 0 Å². The maximum absolute atomic E-state index is 13.2. The molecule has 0 fully saturated rings. The molecule has 2 heterocycles. The maximum Gasteiger partial charge on any atom is 0.192 e. The van der Waals surface area contributed by atoms with E-state index in [-0.39, 0.29) is 5.82 Å². The summed E-state index contributed by atoms with van der Waals surface area (Å²) in [7, 11) is 0. The van der Waals surface area contributed by atoms with Gasteiger partial charge in [0.25, 0.3) is 0 Å². The van der Waals surface area contributed by atoms with Gasteiger partial charge in [0.1, 0.15) is 11.5 Å². The van der Waals surface area contributed by atoms with Crippen LogP contribution in [0.15, 0.2) is 65.2 Å². The zero-order chi connectivity index (χ0) is 15.8. The number of oxazole rings is 1. The van der Waals surface area contributed by atoms with Gasteiger partial charge in [-0.05, 0) is 36.4 Å². The second-order valence-corrected chi connectivity index (χ2v) is 5.29. The van der Waals surface area contributed by atoms with Gasteiger partial charge in [-0.25, -0.2) is 9.37 Å². The fourth-order valence-electron chi connectivity index (χ4n) is 2.71. The summed E-state index contributed by atoms with van der Waals surface area (Å²) in [6, 6.07) is 16.1. The predicted octanol–water partition coefficient (Wildman–Crippen LogP) is 5.00. The summed E-state index contributed by atoms with van der Waals surface area (Å²) >= 11 is 0. The molecule has 4 heteroatoms. The molecule has 0 aliphatic rings. The largest absolute Gasteiger partial charge is 0.440 e. The quantitative estimate of drug-likeness (QED) is 0.523. The van der Waals surface area contributed by atoms with E-state index in [0.717, 1.165) is 22.0 Å². The number of aryl methyl sites for hydroxylation is 1. The van der Waals surface area contributed by atoms with E-state index < -0.39 is 0 Å². The van der Waals surface area contributed by atoms with Crippen molar-refractivity contribution in [2.24, 2.45) is 0 Å². The van der Waals surface area contributed by atoms with Gasteiger partial charge in [-0.15, -0.1) is 0 Å². The summed E-state index contributed by atoms with van der Waals surface area (Å²) in [6.07, 6.45) is 1.75. The normalized spacial score (nSPS) is 11.0. The molecule has 4 aromatic rings. The van der Waals surface area contributed by atoms with E-state index in [9.17, 15) is 4.39 Å². The van der Waals surface area contributed by atoms with Crippen LogP contribution < -0.4 is 0 Å². The monoisotopic (exact) mass is 304 g/mol. The average Bonchev–Trinajstić information content (AvgIpc) is 2.96. The molecule has 0 spiro atoms. The van der Waals surface area contributed by atoms with E-state index in [1.807, 2.05) is 30.3 Å². The molecule has 0 aliphatic carbocycles. The summed E-state index contributed by atoms with van der Waals surface area (Å²) in [6.45, 7) is 1.81. The number of fused-ring (bicyclic) bond motifs is 1. The van der Waals surface area contributed by atoms with Gasteiger partial charge in [0.15, 0.2) is 11.7 Å². The molecule has 0 atom stereocenters. The van der Waals surface area contributed by atoms with Crippen LogP contribution in [0, 0.1) is 12.7 Å². The van der Waals surface area contributed by atoms with Crippen LogP contribution in [0.5, 0.6) is 0 Å². The van der Waals surface area contributed by atoms with Crippen molar-refractivity contribution in [2.45, 2.75) is 6.92 Å². The molecule has 112 valence electrons. The summed E-state index contributed by atoms with van der Waals surface area (Å²) in [4.78, 5) is 8.86. The highest BCUT2D eigenvalue weighted by Crippen LogP contribution is 2.35. The van der Waals surface area contributed by atoms with Gasteiger partial charge in [0.05, 0.1) is 5.52 Å². The molecule has 2 aromatic carbocycles. The van der Waals surface area contributed by atoms with E-state index in [0.29, 0.717) is 17.3 Å². The maximum atomic E-state index is 13.2. The van der Waals surface area contributed by atoms with Gasteiger partial charge in [0, 0.05) is 29.6 Å². The molecule has 0 N–H and O–H groups in total. The minimum Gasteiger partial charge on any atom is -0.440 e. The summed E-state index contributed by atoms with van der Waals surface area (Å²) in [5.41, 5.74) is 3.35. The first-order valence-electron chi connectivity index (χ1n) is 7.30. The molecule has 0 amide bonds. The zero-order valence-electron chi connectivity index (χ0n) is 12.5. The number of aromatic nitrogens is 2. The number of nitrogens with zero attached hydrogens (tertiary/aromatic N) is 2. The first-order chi connectivity index (χ1) is 11.2. The van der Waals surface area contributed by atoms with Gasteiger partial charge in [-0.2, -0.15) is 0 Å². The van der Waals surface area contributed by atoms with Crippen LogP contribution in [-0.4, -0.2) is 9.97 Å². The van der Waals surface area contributed by atoms with Crippen molar-refractivity contribution in [2.75, 3.05) is 0 Å². The van der Waals surface area contributed by atoms with Crippen LogP contribution in [0.3, 0.4) is 0 Å². The van der Waals surface area contributed by atoms with E-state index in [2.05, 4.69) is 9.97 Å². The Kier molecular flexibility index (Phi) is 3.15. The lowest BCUT2D eigenvalue weighted by Crippen LogP contribution is -1.86. The number of pyridine rings is 1. The van der Waals surface area contributed by atoms with Crippen LogP contribution in [0.1, 0.15) is 5.89 Å². The van der Waals surface area contributed by atoms with Crippen molar-refractivity contribution in [3.8, 4) is 22.6 Å². The van der Waals surface area contributed by atoms with Gasteiger partial charge >= 0.3 is 0 Å². The van der Waals surface area contributed by atoms with Crippen LogP contribution in [0.25, 0.3) is 33.5 Å². The Morgan fingerprint density at radius 3 is 2.57 bits per heavy atom. The molecule has 0 saturated carbocycles. The second kappa shape index (κ2) is 5.32. The molecule has 0 bridgehead atoms. The van der Waals surface area contributed by atoms with E-state index in [4.69, 9.17) is 4.42 Å². The second-order valence-electron chi connectivity index (χ2n) is 5.29. The van der Waals surface area contributed by atoms with Gasteiger partial charge in [-0.1, -0.05) is 18.2 Å². The van der Waals surface area contributed by atoms with Gasteiger partial charge in [0.2, 0.25) is 0 Å². The van der Waals surface area contributed by atoms with Crippen molar-refractivity contribution in [1.29, 1.82) is 0 Å². The molecule has 0 aliphatic heterocycles. The lowest BCUT2D eigenvalue weighted by atomic mass is 10.0. The average molecular weight is 304 g/mol. The minimum atomic E-state index is -0.273. The molecule has 0 saturated heterocycles. The van der Waals surface area contributed by atoms with Crippen molar-refractivity contribution < 1.29 is 8.81 Å². The Balaban J connectivity index is 1.97. The number of benzene rings is 2. The fourth-order valence-corrected chi connectivity index (χ4v) is 2.71. The number of hydrogen-bond acceptors (Lipinski definition) is 3. The van der Waals surface area contributed by atoms with Crippen LogP contribution >= 0.6 is 0 Å². The Bertz CT molecular complexity index is 985. The Hall–Kier alpha value is -3.01. The molecule has 0 radical (unpaired) electrons. The molecule has 0 unspecified atom stereocenters. The molecule has 4 rings (SSSR count). The van der Waals surface area contributed by atoms with Crippen LogP contribution in [0.2, 0.25) is 0 Å². The highest BCUT2D eigenvalue weighted by molar-refractivity contribution is 5.96. The third kappa shape index (κ3) is 2.38. The lowest BCUT2D eigenvalue weighted by molar-refractivity contribution is 0.535. The topological polar surface area (TPSA) is 38.9 Å². The highest BCUT2D eigenvalue weighted by atomic mass is 19.1. The summed E-state index contributed by atoms with van der Waals surface area (Å²) in [5, 5.41) is 0.995. The zero-order valence-corrected chi connectivity index (χ0v) is 12.5. The number of rotatable bonds is 2. The first kappa shape index (κ1) is 13.6. The van der Waals surface area contributed by atoms with Gasteiger partial charge < -0.3 is 4.42 Å². The van der Waals surface area contributed by atoms with Crippen molar-refractivity contribution >= 4 is 10.9 Å². The molecule has 23 heavy (non-hydrogen) atoms. The minimum absolute atomic E-state index is 0.273. The highest BCUT2D eigenvalue weighted by Gasteiger charge is 2.17. The smallest absolute Gasteiger partial charge is 0.192 e. The molecule has 2 aromatic heterocycles. The Morgan fingerprint density at radius 1 is 0.957 bits per heavy atom. The van der Waals surface area contributed by atoms with Crippen molar-refractivity contribution in [3.63, 3.8) is 0 Å². The van der Waals surface area contributed by atoms with E-state index >= 15 is 0 Å². The van der Waals surface area contributed by atoms with Crippen LogP contribution in [0.4, 0.5) is 4.39 Å². The summed E-state index contributed by atoms with van der Waals surface area (Å²) in [5.74, 6) is 0.970. The molecule has 3 nitrogen and oxygen atoms in total.